The number of hydrogen-bond donors (Lipinski definition) is 0. The highest BCUT2D eigenvalue weighted by Crippen LogP contribution is 2.61. The standard InChI is InChI=1S/C51H68N2O2S6/c1-33-30-37-18-21-39(33)41-32-49(47-25-23-45(59-47)43-15-13-29-57-43)61-51(41)50-40(31-48(60-50)46-24-22-44(58-46)42-14-12-28-56-42)34(2)35(3)54-26-10-8-6-4-5-7-9-11-27-55-38-19-16-36(17-20-38)52-53-37/h4-5,13,15-16,19,23,25,29,32-33,36-40,42,44,46,48,50H,6-12,14,17-18,20-22,24,26-28,30-31H2,1-3H3/b5-4+,35-34-,53-52+. The summed E-state index contributed by atoms with van der Waals surface area (Å²) in [4.78, 5) is 7.32. The van der Waals surface area contributed by atoms with Crippen molar-refractivity contribution < 1.29 is 9.47 Å². The van der Waals surface area contributed by atoms with Crippen molar-refractivity contribution in [3.63, 3.8) is 0 Å². The fraction of sp³-hybridized carbons (Fsp3) is 0.647. The van der Waals surface area contributed by atoms with Crippen molar-refractivity contribution in [2.24, 2.45) is 22.1 Å². The molecule has 3 aromatic rings. The molecular weight excluding hydrogens is 865 g/mol. The molecule has 4 bridgehead atoms. The molecule has 330 valence electrons. The smallest absolute Gasteiger partial charge is 0.0921 e. The number of fused-ring (bicyclic) bond motifs is 2. The van der Waals surface area contributed by atoms with Crippen LogP contribution < -0.4 is 0 Å². The summed E-state index contributed by atoms with van der Waals surface area (Å²) in [5, 5.41) is 15.9. The maximum atomic E-state index is 6.68. The number of rotatable bonds is 4. The number of allylic oxidation sites excluding steroid dienone is 4. The number of nitrogens with zero attached hydrogens (tertiary/aromatic N) is 2. The number of thioether (sulfide) groups is 3. The van der Waals surface area contributed by atoms with Gasteiger partial charge in [0.25, 0.3) is 0 Å². The van der Waals surface area contributed by atoms with E-state index in [0.29, 0.717) is 34.3 Å². The van der Waals surface area contributed by atoms with Crippen LogP contribution in [0.4, 0.5) is 0 Å². The Bertz CT molecular complexity index is 1970. The first-order chi connectivity index (χ1) is 30.0. The molecule has 0 spiro atoms. The van der Waals surface area contributed by atoms with E-state index in [-0.39, 0.29) is 12.1 Å². The highest BCUT2D eigenvalue weighted by Gasteiger charge is 2.47. The van der Waals surface area contributed by atoms with E-state index in [1.54, 1.807) is 10.4 Å². The van der Waals surface area contributed by atoms with Crippen LogP contribution in [0.25, 0.3) is 19.5 Å². The third-order valence-electron chi connectivity index (χ3n) is 14.4. The van der Waals surface area contributed by atoms with Crippen LogP contribution in [-0.2, 0) is 9.47 Å². The molecule has 4 fully saturated rings. The van der Waals surface area contributed by atoms with Crippen LogP contribution in [0.5, 0.6) is 0 Å². The molecule has 0 radical (unpaired) electrons. The summed E-state index contributed by atoms with van der Waals surface area (Å²) in [5.41, 5.74) is 3.14. The highest BCUT2D eigenvalue weighted by molar-refractivity contribution is 8.06. The van der Waals surface area contributed by atoms with Gasteiger partial charge in [0.1, 0.15) is 0 Å². The van der Waals surface area contributed by atoms with Crippen molar-refractivity contribution in [2.75, 3.05) is 19.0 Å². The van der Waals surface area contributed by atoms with Gasteiger partial charge in [-0.1, -0.05) is 37.3 Å². The van der Waals surface area contributed by atoms with E-state index < -0.39 is 0 Å². The van der Waals surface area contributed by atoms with E-state index in [4.69, 9.17) is 19.7 Å². The molecule has 1 saturated carbocycles. The minimum Gasteiger partial charge on any atom is -0.498 e. The average molecular weight is 934 g/mol. The minimum atomic E-state index is 0.194. The zero-order valence-electron chi connectivity index (χ0n) is 36.7. The average Bonchev–Trinajstić information content (AvgIpc) is 4.13. The third kappa shape index (κ3) is 11.2. The highest BCUT2D eigenvalue weighted by atomic mass is 32.2. The minimum absolute atomic E-state index is 0.194. The molecule has 0 amide bonds. The van der Waals surface area contributed by atoms with E-state index in [2.05, 4.69) is 127 Å². The van der Waals surface area contributed by atoms with Gasteiger partial charge in [-0.2, -0.15) is 33.8 Å². The lowest BCUT2D eigenvalue weighted by Gasteiger charge is -2.34. The Kier molecular flexibility index (Phi) is 16.1. The summed E-state index contributed by atoms with van der Waals surface area (Å²) in [6.45, 7) is 8.89. The second-order valence-corrected chi connectivity index (χ2v) is 26.0. The molecule has 0 N–H and O–H groups in total. The van der Waals surface area contributed by atoms with Crippen molar-refractivity contribution in [3.05, 3.63) is 81.8 Å². The molecular formula is C51H68N2O2S6. The Labute approximate surface area is 392 Å². The first-order valence-corrected chi connectivity index (χ1v) is 29.3. The van der Waals surface area contributed by atoms with E-state index in [9.17, 15) is 0 Å². The number of thiophene rings is 3. The van der Waals surface area contributed by atoms with Crippen LogP contribution in [0.1, 0.15) is 145 Å². The molecule has 3 saturated heterocycles. The van der Waals surface area contributed by atoms with Crippen LogP contribution >= 0.6 is 69.3 Å². The molecule has 6 aliphatic heterocycles. The lowest BCUT2D eigenvalue weighted by molar-refractivity contribution is 0.0713. The topological polar surface area (TPSA) is 43.2 Å². The van der Waals surface area contributed by atoms with Crippen molar-refractivity contribution >= 4 is 69.3 Å². The molecule has 0 aromatic carbocycles. The number of hydrogen-bond acceptors (Lipinski definition) is 10. The van der Waals surface area contributed by atoms with Gasteiger partial charge in [-0.25, -0.2) is 0 Å². The molecule has 4 nitrogen and oxygen atoms in total. The lowest BCUT2D eigenvalue weighted by Crippen LogP contribution is -2.25. The molecule has 3 aromatic heterocycles. The van der Waals surface area contributed by atoms with Crippen molar-refractivity contribution in [3.8, 4) is 19.5 Å². The normalized spacial score (nSPS) is 36.9. The van der Waals surface area contributed by atoms with Gasteiger partial charge >= 0.3 is 0 Å². The molecule has 2 aliphatic carbocycles. The third-order valence-corrected chi connectivity index (χ3v) is 23.5. The first kappa shape index (κ1) is 44.9. The zero-order valence-corrected chi connectivity index (χ0v) is 41.6. The molecule has 61 heavy (non-hydrogen) atoms. The summed E-state index contributed by atoms with van der Waals surface area (Å²) in [7, 11) is 0. The SMILES string of the molecule is C/C1=C(\C)C2CC(C3CCC(C4CCCS4)S3)SC2c2sc(-c3ccc(-c4cccs4)s3)cc2C2CCC(CC2C)/N=N/C2C=CC(CC2)OCCCC/C=C/CCCCO1. The fourth-order valence-electron chi connectivity index (χ4n) is 10.7. The van der Waals surface area contributed by atoms with Crippen LogP contribution in [0, 0.1) is 11.8 Å². The Morgan fingerprint density at radius 3 is 2.25 bits per heavy atom. The van der Waals surface area contributed by atoms with Crippen molar-refractivity contribution in [2.45, 2.75) is 174 Å². The maximum absolute atomic E-state index is 6.68. The van der Waals surface area contributed by atoms with Crippen LogP contribution in [0.15, 0.2) is 81.6 Å². The summed E-state index contributed by atoms with van der Waals surface area (Å²) >= 11 is 13.0. The van der Waals surface area contributed by atoms with Crippen LogP contribution in [0.3, 0.4) is 0 Å². The van der Waals surface area contributed by atoms with Crippen LogP contribution in [0.2, 0.25) is 0 Å². The second kappa shape index (κ2) is 21.8. The second-order valence-electron chi connectivity index (χ2n) is 18.6. The van der Waals surface area contributed by atoms with Gasteiger partial charge in [-0.05, 0) is 175 Å². The Balaban J connectivity index is 1.02. The summed E-state index contributed by atoms with van der Waals surface area (Å²) in [5.74, 6) is 4.15. The Morgan fingerprint density at radius 2 is 1.49 bits per heavy atom. The monoisotopic (exact) mass is 932 g/mol. The quantitative estimate of drug-likeness (QED) is 0.244. The summed E-state index contributed by atoms with van der Waals surface area (Å²) in [6.07, 6.45) is 28.8. The Morgan fingerprint density at radius 1 is 0.672 bits per heavy atom. The van der Waals surface area contributed by atoms with Gasteiger partial charge in [-0.3, -0.25) is 0 Å². The van der Waals surface area contributed by atoms with Gasteiger partial charge in [-0.15, -0.1) is 45.8 Å². The first-order valence-electron chi connectivity index (χ1n) is 23.8. The number of azo groups is 1. The molecule has 11 rings (SSSR count). The Hall–Kier alpha value is -1.27. The van der Waals surface area contributed by atoms with Gasteiger partial charge in [0.2, 0.25) is 0 Å². The van der Waals surface area contributed by atoms with Gasteiger partial charge in [0.05, 0.1) is 30.6 Å². The zero-order chi connectivity index (χ0) is 41.5. The van der Waals surface area contributed by atoms with Gasteiger partial charge in [0, 0.05) is 63.2 Å². The summed E-state index contributed by atoms with van der Waals surface area (Å²) in [6, 6.07) is 12.4. The van der Waals surface area contributed by atoms with E-state index in [0.717, 1.165) is 80.3 Å². The summed E-state index contributed by atoms with van der Waals surface area (Å²) < 4.78 is 12.9. The molecule has 10 heteroatoms. The molecule has 9 heterocycles. The molecule has 11 atom stereocenters. The lowest BCUT2D eigenvalue weighted by atomic mass is 9.74. The van der Waals surface area contributed by atoms with Gasteiger partial charge < -0.3 is 9.47 Å². The van der Waals surface area contributed by atoms with Gasteiger partial charge in [0.15, 0.2) is 0 Å². The maximum Gasteiger partial charge on any atom is 0.0921 e. The van der Waals surface area contributed by atoms with E-state index >= 15 is 0 Å². The van der Waals surface area contributed by atoms with Crippen molar-refractivity contribution in [1.82, 2.24) is 0 Å². The molecule has 8 aliphatic rings. The number of ether oxygens (including phenoxy) is 2. The predicted octanol–water partition coefficient (Wildman–Crippen LogP) is 16.6. The van der Waals surface area contributed by atoms with Crippen LogP contribution in [-0.4, -0.2) is 58.2 Å². The predicted molar refractivity (Wildman–Crippen MR) is 271 cm³/mol. The molecule has 11 unspecified atom stereocenters. The largest absolute Gasteiger partial charge is 0.498 e. The van der Waals surface area contributed by atoms with E-state index in [1.807, 2.05) is 22.7 Å². The van der Waals surface area contributed by atoms with E-state index in [1.165, 1.54) is 88.0 Å². The fourth-order valence-corrected chi connectivity index (χ4v) is 19.7. The van der Waals surface area contributed by atoms with Crippen molar-refractivity contribution in [1.29, 1.82) is 0 Å².